The van der Waals surface area contributed by atoms with Crippen LogP contribution in [0.2, 0.25) is 0 Å². The molecule has 0 amide bonds. The van der Waals surface area contributed by atoms with Crippen LogP contribution in [0.5, 0.6) is 0 Å². The van der Waals surface area contributed by atoms with E-state index in [0.29, 0.717) is 6.04 Å². The molecule has 0 aliphatic heterocycles. The highest BCUT2D eigenvalue weighted by Gasteiger charge is 2.23. The maximum atomic E-state index is 4.39. The fraction of sp³-hybridized carbons (Fsp3) is 0.727. The van der Waals surface area contributed by atoms with E-state index >= 15 is 0 Å². The van der Waals surface area contributed by atoms with Crippen molar-refractivity contribution in [1.29, 1.82) is 0 Å². The Morgan fingerprint density at radius 1 is 1.64 bits per heavy atom. The number of nitrogens with zero attached hydrogens (tertiary/aromatic N) is 1. The summed E-state index contributed by atoms with van der Waals surface area (Å²) in [4.78, 5) is 4.39. The SMILES string of the molecule is CCCC(NCC1CC1)c1nccs1. The van der Waals surface area contributed by atoms with Crippen molar-refractivity contribution >= 4 is 11.3 Å². The summed E-state index contributed by atoms with van der Waals surface area (Å²) in [7, 11) is 0. The molecule has 1 heterocycles. The number of rotatable bonds is 6. The first-order valence-electron chi connectivity index (χ1n) is 5.53. The van der Waals surface area contributed by atoms with E-state index in [1.54, 1.807) is 11.3 Å². The molecule has 1 aromatic heterocycles. The van der Waals surface area contributed by atoms with Crippen molar-refractivity contribution in [3.8, 4) is 0 Å². The molecule has 1 unspecified atom stereocenters. The van der Waals surface area contributed by atoms with Crippen molar-refractivity contribution in [2.24, 2.45) is 5.92 Å². The molecule has 0 spiro atoms. The summed E-state index contributed by atoms with van der Waals surface area (Å²) in [6, 6.07) is 0.501. The van der Waals surface area contributed by atoms with E-state index in [9.17, 15) is 0 Å². The molecule has 14 heavy (non-hydrogen) atoms. The van der Waals surface area contributed by atoms with Crippen LogP contribution in [0.3, 0.4) is 0 Å². The molecule has 0 radical (unpaired) electrons. The maximum Gasteiger partial charge on any atom is 0.109 e. The molecular formula is C11H18N2S. The molecular weight excluding hydrogens is 192 g/mol. The van der Waals surface area contributed by atoms with Gasteiger partial charge in [0.05, 0.1) is 6.04 Å². The first-order chi connectivity index (χ1) is 6.90. The second-order valence-electron chi connectivity index (χ2n) is 4.06. The van der Waals surface area contributed by atoms with Gasteiger partial charge in [0, 0.05) is 11.6 Å². The molecule has 1 aromatic rings. The third-order valence-corrected chi connectivity index (χ3v) is 3.57. The zero-order valence-electron chi connectivity index (χ0n) is 8.70. The Kier molecular flexibility index (Phi) is 3.54. The van der Waals surface area contributed by atoms with Crippen LogP contribution >= 0.6 is 11.3 Å². The molecule has 2 rings (SSSR count). The van der Waals surface area contributed by atoms with Crippen molar-refractivity contribution in [2.45, 2.75) is 38.6 Å². The predicted molar refractivity (Wildman–Crippen MR) is 60.5 cm³/mol. The average molecular weight is 210 g/mol. The summed E-state index contributed by atoms with van der Waals surface area (Å²) >= 11 is 1.77. The molecule has 0 bridgehead atoms. The van der Waals surface area contributed by atoms with Crippen LogP contribution in [-0.4, -0.2) is 11.5 Å². The highest BCUT2D eigenvalue weighted by Crippen LogP contribution is 2.29. The molecule has 1 N–H and O–H groups in total. The van der Waals surface area contributed by atoms with Crippen molar-refractivity contribution in [3.63, 3.8) is 0 Å². The van der Waals surface area contributed by atoms with Gasteiger partial charge in [0.2, 0.25) is 0 Å². The zero-order valence-corrected chi connectivity index (χ0v) is 9.52. The van der Waals surface area contributed by atoms with Crippen LogP contribution in [0.25, 0.3) is 0 Å². The maximum absolute atomic E-state index is 4.39. The molecule has 78 valence electrons. The van der Waals surface area contributed by atoms with E-state index in [2.05, 4.69) is 22.6 Å². The van der Waals surface area contributed by atoms with Gasteiger partial charge in [-0.15, -0.1) is 11.3 Å². The second kappa shape index (κ2) is 4.89. The van der Waals surface area contributed by atoms with Crippen LogP contribution in [-0.2, 0) is 0 Å². The lowest BCUT2D eigenvalue weighted by Gasteiger charge is -2.15. The van der Waals surface area contributed by atoms with Crippen LogP contribution in [0.15, 0.2) is 11.6 Å². The highest BCUT2D eigenvalue weighted by molar-refractivity contribution is 7.09. The van der Waals surface area contributed by atoms with E-state index in [0.717, 1.165) is 5.92 Å². The lowest BCUT2D eigenvalue weighted by molar-refractivity contribution is 0.479. The summed E-state index contributed by atoms with van der Waals surface area (Å²) in [5.41, 5.74) is 0. The lowest BCUT2D eigenvalue weighted by Crippen LogP contribution is -2.23. The van der Waals surface area contributed by atoms with Gasteiger partial charge in [0.1, 0.15) is 5.01 Å². The molecule has 0 saturated heterocycles. The monoisotopic (exact) mass is 210 g/mol. The Bertz CT molecular complexity index is 254. The molecule has 3 heteroatoms. The summed E-state index contributed by atoms with van der Waals surface area (Å²) in [5.74, 6) is 0.953. The minimum Gasteiger partial charge on any atom is -0.308 e. The highest BCUT2D eigenvalue weighted by atomic mass is 32.1. The van der Waals surface area contributed by atoms with Gasteiger partial charge in [-0.05, 0) is 31.7 Å². The number of aromatic nitrogens is 1. The summed E-state index contributed by atoms with van der Waals surface area (Å²) in [6.07, 6.45) is 7.18. The molecule has 1 fully saturated rings. The Hall–Kier alpha value is -0.410. The molecule has 1 saturated carbocycles. The van der Waals surface area contributed by atoms with Gasteiger partial charge in [0.15, 0.2) is 0 Å². The fourth-order valence-electron chi connectivity index (χ4n) is 1.64. The van der Waals surface area contributed by atoms with Crippen molar-refractivity contribution in [3.05, 3.63) is 16.6 Å². The smallest absolute Gasteiger partial charge is 0.109 e. The van der Waals surface area contributed by atoms with E-state index < -0.39 is 0 Å². The molecule has 1 aliphatic rings. The zero-order chi connectivity index (χ0) is 9.80. The van der Waals surface area contributed by atoms with E-state index in [4.69, 9.17) is 0 Å². The van der Waals surface area contributed by atoms with Crippen LogP contribution in [0, 0.1) is 5.92 Å². The van der Waals surface area contributed by atoms with Crippen molar-refractivity contribution in [2.75, 3.05) is 6.54 Å². The van der Waals surface area contributed by atoms with E-state index in [1.807, 2.05) is 6.20 Å². The standard InChI is InChI=1S/C11H18N2S/c1-2-3-10(11-12-6-7-14-11)13-8-9-4-5-9/h6-7,9-10,13H,2-5,8H2,1H3. The predicted octanol–water partition coefficient (Wildman–Crippen LogP) is 2.98. The number of hydrogen-bond donors (Lipinski definition) is 1. The van der Waals surface area contributed by atoms with Gasteiger partial charge in [-0.25, -0.2) is 4.98 Å². The van der Waals surface area contributed by atoms with Crippen molar-refractivity contribution in [1.82, 2.24) is 10.3 Å². The van der Waals surface area contributed by atoms with Crippen molar-refractivity contribution < 1.29 is 0 Å². The summed E-state index contributed by atoms with van der Waals surface area (Å²) in [5, 5.41) is 6.96. The van der Waals surface area contributed by atoms with E-state index in [1.165, 1.54) is 37.2 Å². The molecule has 1 aliphatic carbocycles. The largest absolute Gasteiger partial charge is 0.308 e. The lowest BCUT2D eigenvalue weighted by atomic mass is 10.1. The summed E-state index contributed by atoms with van der Waals surface area (Å²) < 4.78 is 0. The third-order valence-electron chi connectivity index (χ3n) is 2.68. The Labute approximate surface area is 89.8 Å². The van der Waals surface area contributed by atoms with Gasteiger partial charge in [-0.2, -0.15) is 0 Å². The molecule has 2 nitrogen and oxygen atoms in total. The van der Waals surface area contributed by atoms with Crippen LogP contribution < -0.4 is 5.32 Å². The normalized spacial score (nSPS) is 18.4. The molecule has 0 aromatic carbocycles. The van der Waals surface area contributed by atoms with Gasteiger partial charge < -0.3 is 5.32 Å². The Balaban J connectivity index is 1.85. The Morgan fingerprint density at radius 2 is 2.50 bits per heavy atom. The third kappa shape index (κ3) is 2.79. The first-order valence-corrected chi connectivity index (χ1v) is 6.41. The topological polar surface area (TPSA) is 24.9 Å². The van der Waals surface area contributed by atoms with E-state index in [-0.39, 0.29) is 0 Å². The van der Waals surface area contributed by atoms with Gasteiger partial charge in [-0.3, -0.25) is 0 Å². The summed E-state index contributed by atoms with van der Waals surface area (Å²) in [6.45, 7) is 3.42. The van der Waals surface area contributed by atoms with Gasteiger partial charge in [-0.1, -0.05) is 13.3 Å². The van der Waals surface area contributed by atoms with Crippen LogP contribution in [0.4, 0.5) is 0 Å². The first kappa shape index (κ1) is 10.1. The average Bonchev–Trinajstić information content (AvgIpc) is 2.86. The van der Waals surface area contributed by atoms with Gasteiger partial charge >= 0.3 is 0 Å². The van der Waals surface area contributed by atoms with Crippen LogP contribution in [0.1, 0.15) is 43.7 Å². The number of thiazole rings is 1. The second-order valence-corrected chi connectivity index (χ2v) is 4.99. The minimum atomic E-state index is 0.501. The number of hydrogen-bond acceptors (Lipinski definition) is 3. The quantitative estimate of drug-likeness (QED) is 0.780. The minimum absolute atomic E-state index is 0.501. The number of nitrogens with one attached hydrogen (secondary N) is 1. The fourth-order valence-corrected chi connectivity index (χ4v) is 2.39. The molecule has 1 atom stereocenters. The Morgan fingerprint density at radius 3 is 3.07 bits per heavy atom. The van der Waals surface area contributed by atoms with Gasteiger partial charge in [0.25, 0.3) is 0 Å².